The highest BCUT2D eigenvalue weighted by Gasteiger charge is 2.31. The summed E-state index contributed by atoms with van der Waals surface area (Å²) in [5.74, 6) is 2.95. The highest BCUT2D eigenvalue weighted by molar-refractivity contribution is 4.82. The second-order valence-electron chi connectivity index (χ2n) is 4.62. The minimum absolute atomic E-state index is 0.109. The largest absolute Gasteiger partial charge is 0.316 e. The second kappa shape index (κ2) is 3.75. The molecule has 1 fully saturated rings. The van der Waals surface area contributed by atoms with Crippen molar-refractivity contribution >= 4 is 0 Å². The van der Waals surface area contributed by atoms with Gasteiger partial charge in [-0.25, -0.2) is 0 Å². The lowest BCUT2D eigenvalue weighted by atomic mass is 9.69. The molecule has 0 aromatic carbocycles. The molecule has 0 radical (unpaired) electrons. The summed E-state index contributed by atoms with van der Waals surface area (Å²) in [5.41, 5.74) is 11.4. The zero-order chi connectivity index (χ0) is 9.30. The predicted octanol–water partition coefficient (Wildman–Crippen LogP) is 1.55. The van der Waals surface area contributed by atoms with E-state index in [4.69, 9.17) is 11.5 Å². The van der Waals surface area contributed by atoms with E-state index in [9.17, 15) is 0 Å². The van der Waals surface area contributed by atoms with Crippen LogP contribution in [0.5, 0.6) is 0 Å². The van der Waals surface area contributed by atoms with Gasteiger partial charge in [-0.05, 0) is 36.5 Å². The summed E-state index contributed by atoms with van der Waals surface area (Å²) in [5, 5.41) is 0. The van der Waals surface area contributed by atoms with Gasteiger partial charge in [-0.15, -0.1) is 0 Å². The first-order chi connectivity index (χ1) is 5.52. The van der Waals surface area contributed by atoms with Crippen LogP contribution in [-0.2, 0) is 0 Å². The third-order valence-electron chi connectivity index (χ3n) is 3.69. The average molecular weight is 170 g/mol. The standard InChI is InChI=1S/C10H22N2/c1-6-4-9(10(11)12)5-7(2)8(6)3/h6-10H,4-5,11-12H2,1-3H3. The fourth-order valence-electron chi connectivity index (χ4n) is 2.36. The Kier molecular flexibility index (Phi) is 3.13. The van der Waals surface area contributed by atoms with Gasteiger partial charge in [0, 0.05) is 0 Å². The van der Waals surface area contributed by atoms with Crippen LogP contribution in [-0.4, -0.2) is 6.17 Å². The van der Waals surface area contributed by atoms with E-state index in [-0.39, 0.29) is 6.17 Å². The van der Waals surface area contributed by atoms with Gasteiger partial charge < -0.3 is 11.5 Å². The Hall–Kier alpha value is -0.0800. The van der Waals surface area contributed by atoms with Crippen molar-refractivity contribution in [2.75, 3.05) is 0 Å². The summed E-state index contributed by atoms with van der Waals surface area (Å²) in [7, 11) is 0. The summed E-state index contributed by atoms with van der Waals surface area (Å²) in [6.45, 7) is 6.97. The summed E-state index contributed by atoms with van der Waals surface area (Å²) in [4.78, 5) is 0. The molecule has 0 aromatic heterocycles. The Bertz CT molecular complexity index is 133. The Balaban J connectivity index is 2.53. The van der Waals surface area contributed by atoms with E-state index in [1.165, 1.54) is 12.8 Å². The summed E-state index contributed by atoms with van der Waals surface area (Å²) in [6, 6.07) is 0. The number of hydrogen-bond acceptors (Lipinski definition) is 2. The van der Waals surface area contributed by atoms with E-state index in [0.29, 0.717) is 5.92 Å². The minimum Gasteiger partial charge on any atom is -0.316 e. The van der Waals surface area contributed by atoms with Gasteiger partial charge in [0.15, 0.2) is 0 Å². The molecule has 1 aliphatic rings. The van der Waals surface area contributed by atoms with E-state index in [0.717, 1.165) is 17.8 Å². The van der Waals surface area contributed by atoms with Crippen LogP contribution < -0.4 is 11.5 Å². The van der Waals surface area contributed by atoms with Crippen LogP contribution in [0.25, 0.3) is 0 Å². The molecule has 2 nitrogen and oxygen atoms in total. The highest BCUT2D eigenvalue weighted by Crippen LogP contribution is 2.37. The first-order valence-electron chi connectivity index (χ1n) is 5.03. The quantitative estimate of drug-likeness (QED) is 0.587. The van der Waals surface area contributed by atoms with Gasteiger partial charge >= 0.3 is 0 Å². The molecule has 0 amide bonds. The lowest BCUT2D eigenvalue weighted by Gasteiger charge is -2.38. The van der Waals surface area contributed by atoms with Gasteiger partial charge in [-0.2, -0.15) is 0 Å². The summed E-state index contributed by atoms with van der Waals surface area (Å²) in [6.07, 6.45) is 2.31. The van der Waals surface area contributed by atoms with Crippen molar-refractivity contribution in [3.05, 3.63) is 0 Å². The maximum Gasteiger partial charge on any atom is 0.0550 e. The van der Waals surface area contributed by atoms with Crippen molar-refractivity contribution < 1.29 is 0 Å². The van der Waals surface area contributed by atoms with E-state index >= 15 is 0 Å². The van der Waals surface area contributed by atoms with Gasteiger partial charge in [0.05, 0.1) is 6.17 Å². The first kappa shape index (κ1) is 10.0. The number of rotatable bonds is 1. The molecule has 2 heteroatoms. The smallest absolute Gasteiger partial charge is 0.0550 e. The molecule has 0 spiro atoms. The zero-order valence-corrected chi connectivity index (χ0v) is 8.46. The molecule has 72 valence electrons. The molecule has 12 heavy (non-hydrogen) atoms. The van der Waals surface area contributed by atoms with Crippen molar-refractivity contribution in [2.45, 2.75) is 39.8 Å². The molecule has 0 aromatic rings. The highest BCUT2D eigenvalue weighted by atomic mass is 14.9. The molecule has 1 aliphatic carbocycles. The van der Waals surface area contributed by atoms with Gasteiger partial charge in [-0.3, -0.25) is 0 Å². The van der Waals surface area contributed by atoms with Crippen LogP contribution in [0.1, 0.15) is 33.6 Å². The fourth-order valence-corrected chi connectivity index (χ4v) is 2.36. The van der Waals surface area contributed by atoms with Gasteiger partial charge in [-0.1, -0.05) is 20.8 Å². The van der Waals surface area contributed by atoms with Gasteiger partial charge in [0.25, 0.3) is 0 Å². The predicted molar refractivity (Wildman–Crippen MR) is 52.4 cm³/mol. The summed E-state index contributed by atoms with van der Waals surface area (Å²) >= 11 is 0. The van der Waals surface area contributed by atoms with Gasteiger partial charge in [0.1, 0.15) is 0 Å². The molecule has 0 heterocycles. The molecule has 1 rings (SSSR count). The molecule has 4 N–H and O–H groups in total. The van der Waals surface area contributed by atoms with Crippen LogP contribution in [0.3, 0.4) is 0 Å². The molecule has 2 atom stereocenters. The van der Waals surface area contributed by atoms with E-state index in [1.807, 2.05) is 0 Å². The maximum absolute atomic E-state index is 5.71. The third-order valence-corrected chi connectivity index (χ3v) is 3.69. The lowest BCUT2D eigenvalue weighted by Crippen LogP contribution is -2.43. The Morgan fingerprint density at radius 3 is 1.75 bits per heavy atom. The van der Waals surface area contributed by atoms with Crippen molar-refractivity contribution in [3.8, 4) is 0 Å². The van der Waals surface area contributed by atoms with Crippen molar-refractivity contribution in [3.63, 3.8) is 0 Å². The molecule has 0 saturated heterocycles. The topological polar surface area (TPSA) is 52.0 Å². The Morgan fingerprint density at radius 2 is 1.42 bits per heavy atom. The molecular weight excluding hydrogens is 148 g/mol. The van der Waals surface area contributed by atoms with Crippen LogP contribution in [0, 0.1) is 23.7 Å². The van der Waals surface area contributed by atoms with Gasteiger partial charge in [0.2, 0.25) is 0 Å². The van der Waals surface area contributed by atoms with Crippen molar-refractivity contribution in [1.82, 2.24) is 0 Å². The van der Waals surface area contributed by atoms with E-state index in [2.05, 4.69) is 20.8 Å². The minimum atomic E-state index is -0.109. The SMILES string of the molecule is CC1CC(C(N)N)CC(C)C1C. The molecule has 0 aliphatic heterocycles. The first-order valence-corrected chi connectivity index (χ1v) is 5.03. The van der Waals surface area contributed by atoms with E-state index in [1.54, 1.807) is 0 Å². The van der Waals surface area contributed by atoms with E-state index < -0.39 is 0 Å². The van der Waals surface area contributed by atoms with Crippen molar-refractivity contribution in [1.29, 1.82) is 0 Å². The van der Waals surface area contributed by atoms with Crippen LogP contribution in [0.2, 0.25) is 0 Å². The third kappa shape index (κ3) is 1.99. The Morgan fingerprint density at radius 1 is 1.00 bits per heavy atom. The monoisotopic (exact) mass is 170 g/mol. The zero-order valence-electron chi connectivity index (χ0n) is 8.46. The normalized spacial score (nSPS) is 43.5. The summed E-state index contributed by atoms with van der Waals surface area (Å²) < 4.78 is 0. The lowest BCUT2D eigenvalue weighted by molar-refractivity contribution is 0.126. The van der Waals surface area contributed by atoms with Crippen LogP contribution in [0.15, 0.2) is 0 Å². The Labute approximate surface area is 75.7 Å². The molecule has 1 saturated carbocycles. The molecular formula is C10H22N2. The molecule has 2 unspecified atom stereocenters. The van der Waals surface area contributed by atoms with Crippen LogP contribution in [0.4, 0.5) is 0 Å². The van der Waals surface area contributed by atoms with Crippen molar-refractivity contribution in [2.24, 2.45) is 35.1 Å². The average Bonchev–Trinajstić information content (AvgIpc) is 1.99. The second-order valence-corrected chi connectivity index (χ2v) is 4.62. The number of nitrogens with two attached hydrogens (primary N) is 2. The molecule has 0 bridgehead atoms. The fraction of sp³-hybridized carbons (Fsp3) is 1.00. The van der Waals surface area contributed by atoms with Crippen LogP contribution >= 0.6 is 0 Å². The maximum atomic E-state index is 5.71. The number of hydrogen-bond donors (Lipinski definition) is 2.